The molecule has 2 saturated heterocycles. The van der Waals surface area contributed by atoms with Crippen molar-refractivity contribution in [2.45, 2.75) is 24.5 Å². The van der Waals surface area contributed by atoms with Crippen molar-refractivity contribution in [2.75, 3.05) is 12.0 Å². The van der Waals surface area contributed by atoms with Crippen LogP contribution in [0.1, 0.15) is 0 Å². The predicted octanol–water partition coefficient (Wildman–Crippen LogP) is 2.72. The average Bonchev–Trinajstić information content (AvgIpc) is 3.09. The highest BCUT2D eigenvalue weighted by Crippen LogP contribution is 2.29. The number of ether oxygens (including phenoxy) is 2. The maximum Gasteiger partial charge on any atom is 0.202 e. The normalized spacial score (nSPS) is 30.0. The number of benzene rings is 2. The Morgan fingerprint density at radius 1 is 1.00 bits per heavy atom. The molecule has 0 radical (unpaired) electrons. The highest BCUT2D eigenvalue weighted by Gasteiger charge is 2.48. The van der Waals surface area contributed by atoms with Crippen LogP contribution >= 0.6 is 0 Å². The number of para-hydroxylation sites is 1. The van der Waals surface area contributed by atoms with Gasteiger partial charge in [0.1, 0.15) is 24.0 Å². The number of hydrogen-bond donors (Lipinski definition) is 2. The molecule has 2 N–H and O–H groups in total. The minimum atomic E-state index is -0.921. The number of fused-ring (bicyclic) bond motifs is 2. The Bertz CT molecular complexity index is 766. The molecular formula is C18H18N4O3. The Morgan fingerprint density at radius 3 is 2.48 bits per heavy atom. The third kappa shape index (κ3) is 3.43. The predicted molar refractivity (Wildman–Crippen MR) is 92.9 cm³/mol. The molecule has 0 aromatic heterocycles. The van der Waals surface area contributed by atoms with Gasteiger partial charge in [-0.05, 0) is 24.3 Å². The van der Waals surface area contributed by atoms with E-state index in [2.05, 4.69) is 20.8 Å². The zero-order valence-corrected chi connectivity index (χ0v) is 13.4. The van der Waals surface area contributed by atoms with Crippen LogP contribution < -0.4 is 5.43 Å². The van der Waals surface area contributed by atoms with Gasteiger partial charge in [0.15, 0.2) is 0 Å². The van der Waals surface area contributed by atoms with Crippen molar-refractivity contribution in [3.63, 3.8) is 0 Å². The molecule has 25 heavy (non-hydrogen) atoms. The maximum atomic E-state index is 10.7. The Kier molecular flexibility index (Phi) is 4.51. The van der Waals surface area contributed by atoms with E-state index in [1.165, 1.54) is 0 Å². The van der Waals surface area contributed by atoms with Crippen LogP contribution in [0.15, 0.2) is 76.0 Å². The summed E-state index contributed by atoms with van der Waals surface area (Å²) in [6.07, 6.45) is -1.91. The van der Waals surface area contributed by atoms with Crippen LogP contribution in [0.4, 0.5) is 11.4 Å². The van der Waals surface area contributed by atoms with E-state index >= 15 is 0 Å². The summed E-state index contributed by atoms with van der Waals surface area (Å²) >= 11 is 0. The molecule has 4 atom stereocenters. The van der Waals surface area contributed by atoms with E-state index in [1.807, 2.05) is 60.7 Å². The summed E-state index contributed by atoms with van der Waals surface area (Å²) in [6, 6.07) is 18.3. The minimum absolute atomic E-state index is 0.330. The molecule has 128 valence electrons. The maximum absolute atomic E-state index is 10.7. The standard InChI is InChI=1S/C18H18N4O3/c23-17-15(21-19-12-7-3-1-4-8-12)14-11-24-18(25-14)16(17)22-20-13-9-5-2-6-10-13/h1-10,14-15,17-18,20,23H,11H2/b21-19?,22-16-/t14-,15-,17+,18-/m1/s1. The van der Waals surface area contributed by atoms with Gasteiger partial charge in [0, 0.05) is 0 Å². The molecule has 4 rings (SSSR count). The van der Waals surface area contributed by atoms with Gasteiger partial charge in [-0.3, -0.25) is 5.43 Å². The van der Waals surface area contributed by atoms with Gasteiger partial charge in [0.2, 0.25) is 6.29 Å². The lowest BCUT2D eigenvalue weighted by atomic mass is 10.00. The van der Waals surface area contributed by atoms with Gasteiger partial charge in [-0.2, -0.15) is 15.3 Å². The van der Waals surface area contributed by atoms with Crippen molar-refractivity contribution in [3.05, 3.63) is 60.7 Å². The first-order valence-electron chi connectivity index (χ1n) is 8.11. The third-order valence-corrected chi connectivity index (χ3v) is 4.11. The van der Waals surface area contributed by atoms with Crippen LogP contribution in [0, 0.1) is 0 Å². The van der Waals surface area contributed by atoms with Crippen LogP contribution in [0.5, 0.6) is 0 Å². The van der Waals surface area contributed by atoms with Crippen molar-refractivity contribution in [1.82, 2.24) is 0 Å². The summed E-state index contributed by atoms with van der Waals surface area (Å²) in [5.41, 5.74) is 4.82. The van der Waals surface area contributed by atoms with E-state index in [1.54, 1.807) is 0 Å². The lowest BCUT2D eigenvalue weighted by Gasteiger charge is -2.29. The highest BCUT2D eigenvalue weighted by atomic mass is 16.7. The molecule has 7 heteroatoms. The van der Waals surface area contributed by atoms with Gasteiger partial charge in [-0.15, -0.1) is 0 Å². The van der Waals surface area contributed by atoms with E-state index in [4.69, 9.17) is 9.47 Å². The Hall–Kier alpha value is -2.61. The van der Waals surface area contributed by atoms with Gasteiger partial charge < -0.3 is 14.6 Å². The highest BCUT2D eigenvalue weighted by molar-refractivity contribution is 5.94. The second kappa shape index (κ2) is 7.10. The van der Waals surface area contributed by atoms with Gasteiger partial charge in [-0.25, -0.2) is 0 Å². The van der Waals surface area contributed by atoms with Crippen molar-refractivity contribution in [1.29, 1.82) is 0 Å². The summed E-state index contributed by atoms with van der Waals surface area (Å²) in [6.45, 7) is 0.352. The molecule has 7 nitrogen and oxygen atoms in total. The van der Waals surface area contributed by atoms with E-state index in [0.717, 1.165) is 11.4 Å². The number of nitrogens with one attached hydrogen (secondary N) is 1. The Balaban J connectivity index is 1.54. The van der Waals surface area contributed by atoms with Crippen LogP contribution in [0.3, 0.4) is 0 Å². The van der Waals surface area contributed by atoms with Crippen molar-refractivity contribution < 1.29 is 14.6 Å². The molecule has 0 aliphatic carbocycles. The number of hydrazone groups is 1. The number of azo groups is 1. The number of anilines is 1. The molecule has 2 bridgehead atoms. The first-order chi connectivity index (χ1) is 12.3. The van der Waals surface area contributed by atoms with Crippen molar-refractivity contribution >= 4 is 17.1 Å². The van der Waals surface area contributed by atoms with E-state index in [9.17, 15) is 5.11 Å². The van der Waals surface area contributed by atoms with Crippen molar-refractivity contribution in [3.8, 4) is 0 Å². The van der Waals surface area contributed by atoms with E-state index in [0.29, 0.717) is 12.3 Å². The molecule has 0 amide bonds. The van der Waals surface area contributed by atoms with Gasteiger partial charge >= 0.3 is 0 Å². The molecule has 2 fully saturated rings. The molecule has 0 saturated carbocycles. The Labute approximate surface area is 145 Å². The quantitative estimate of drug-likeness (QED) is 0.663. The van der Waals surface area contributed by atoms with E-state index in [-0.39, 0.29) is 6.10 Å². The van der Waals surface area contributed by atoms with Crippen LogP contribution in [-0.2, 0) is 9.47 Å². The molecule has 2 aliphatic rings. The molecule has 2 aromatic rings. The van der Waals surface area contributed by atoms with Gasteiger partial charge in [-0.1, -0.05) is 36.4 Å². The molecule has 2 aromatic carbocycles. The lowest BCUT2D eigenvalue weighted by Crippen LogP contribution is -2.50. The average molecular weight is 338 g/mol. The lowest BCUT2D eigenvalue weighted by molar-refractivity contribution is -0.0445. The van der Waals surface area contributed by atoms with Gasteiger partial charge in [0.05, 0.1) is 18.0 Å². The molecular weight excluding hydrogens is 320 g/mol. The first-order valence-corrected chi connectivity index (χ1v) is 8.11. The second-order valence-corrected chi connectivity index (χ2v) is 5.84. The second-order valence-electron chi connectivity index (χ2n) is 5.84. The third-order valence-electron chi connectivity index (χ3n) is 4.11. The summed E-state index contributed by atoms with van der Waals surface area (Å²) in [5.74, 6) is 0. The monoisotopic (exact) mass is 338 g/mol. The van der Waals surface area contributed by atoms with Crippen molar-refractivity contribution in [2.24, 2.45) is 15.3 Å². The molecule has 2 aliphatic heterocycles. The Morgan fingerprint density at radius 2 is 1.72 bits per heavy atom. The fourth-order valence-electron chi connectivity index (χ4n) is 2.80. The molecule has 0 spiro atoms. The number of rotatable bonds is 4. The number of aliphatic hydroxyl groups is 1. The first kappa shape index (κ1) is 15.9. The molecule has 0 unspecified atom stereocenters. The topological polar surface area (TPSA) is 87.8 Å². The summed E-state index contributed by atoms with van der Waals surface area (Å²) in [4.78, 5) is 0. The summed E-state index contributed by atoms with van der Waals surface area (Å²) in [5, 5.41) is 23.4. The number of hydrogen-bond acceptors (Lipinski definition) is 7. The smallest absolute Gasteiger partial charge is 0.202 e. The minimum Gasteiger partial charge on any atom is -0.384 e. The van der Waals surface area contributed by atoms with E-state index < -0.39 is 18.4 Å². The van der Waals surface area contributed by atoms with Gasteiger partial charge in [0.25, 0.3) is 0 Å². The number of aliphatic hydroxyl groups excluding tert-OH is 1. The fourth-order valence-corrected chi connectivity index (χ4v) is 2.80. The fraction of sp³-hybridized carbons (Fsp3) is 0.278. The zero-order chi connectivity index (χ0) is 17.1. The number of nitrogens with zero attached hydrogens (tertiary/aromatic N) is 3. The summed E-state index contributed by atoms with van der Waals surface area (Å²) in [7, 11) is 0. The van der Waals surface area contributed by atoms with Crippen LogP contribution in [0.25, 0.3) is 0 Å². The van der Waals surface area contributed by atoms with Crippen LogP contribution in [0.2, 0.25) is 0 Å². The SMILES string of the molecule is O[C@@H]1/C(=N/Nc2ccccc2)[C@@H]2OC[C@@H](O2)[C@H]1N=Nc1ccccc1. The molecule has 2 heterocycles. The largest absolute Gasteiger partial charge is 0.384 e. The van der Waals surface area contributed by atoms with Crippen LogP contribution in [-0.4, -0.2) is 42.0 Å². The summed E-state index contributed by atoms with van der Waals surface area (Å²) < 4.78 is 11.3. The zero-order valence-electron chi connectivity index (χ0n) is 13.4.